The second-order valence-corrected chi connectivity index (χ2v) is 4.89. The molecule has 2 aromatic carbocycles. The highest BCUT2D eigenvalue weighted by Gasteiger charge is 2.10. The molecule has 0 saturated carbocycles. The van der Waals surface area contributed by atoms with Crippen molar-refractivity contribution in [2.75, 3.05) is 11.1 Å². The van der Waals surface area contributed by atoms with Crippen molar-refractivity contribution in [1.82, 2.24) is 0 Å². The van der Waals surface area contributed by atoms with E-state index in [0.717, 1.165) is 16.7 Å². The molecule has 2 rings (SSSR count). The minimum Gasteiger partial charge on any atom is -0.399 e. The van der Waals surface area contributed by atoms with Gasteiger partial charge in [-0.1, -0.05) is 23.8 Å². The zero-order chi connectivity index (χ0) is 14.7. The van der Waals surface area contributed by atoms with Gasteiger partial charge < -0.3 is 11.1 Å². The van der Waals surface area contributed by atoms with E-state index in [1.54, 1.807) is 0 Å². The molecule has 0 aliphatic heterocycles. The Morgan fingerprint density at radius 3 is 2.70 bits per heavy atom. The highest BCUT2D eigenvalue weighted by atomic mass is 19.1. The van der Waals surface area contributed by atoms with Crippen molar-refractivity contribution in [2.45, 2.75) is 20.3 Å². The van der Waals surface area contributed by atoms with Gasteiger partial charge in [0.2, 0.25) is 5.91 Å². The zero-order valence-electron chi connectivity index (χ0n) is 11.5. The van der Waals surface area contributed by atoms with Gasteiger partial charge in [-0.15, -0.1) is 0 Å². The van der Waals surface area contributed by atoms with Gasteiger partial charge in [0, 0.05) is 5.69 Å². The van der Waals surface area contributed by atoms with Crippen LogP contribution in [0.4, 0.5) is 15.8 Å². The minimum atomic E-state index is -0.492. The Morgan fingerprint density at radius 2 is 1.95 bits per heavy atom. The topological polar surface area (TPSA) is 55.1 Å². The lowest BCUT2D eigenvalue weighted by Crippen LogP contribution is -2.16. The number of carbonyl (C=O) groups is 1. The van der Waals surface area contributed by atoms with Crippen molar-refractivity contribution < 1.29 is 9.18 Å². The van der Waals surface area contributed by atoms with Crippen LogP contribution in [0, 0.1) is 19.7 Å². The molecular formula is C16H17FN2O. The number of nitrogens with one attached hydrogen (secondary N) is 1. The van der Waals surface area contributed by atoms with Gasteiger partial charge in [0.15, 0.2) is 0 Å². The molecule has 0 atom stereocenters. The largest absolute Gasteiger partial charge is 0.399 e. The quantitative estimate of drug-likeness (QED) is 0.843. The zero-order valence-corrected chi connectivity index (χ0v) is 11.5. The number of hydrogen-bond acceptors (Lipinski definition) is 2. The summed E-state index contributed by atoms with van der Waals surface area (Å²) in [6, 6.07) is 10.0. The van der Waals surface area contributed by atoms with Gasteiger partial charge in [0.05, 0.1) is 12.1 Å². The summed E-state index contributed by atoms with van der Waals surface area (Å²) < 4.78 is 13.5. The molecule has 0 fully saturated rings. The second kappa shape index (κ2) is 5.74. The summed E-state index contributed by atoms with van der Waals surface area (Å²) in [4.78, 5) is 12.0. The summed E-state index contributed by atoms with van der Waals surface area (Å²) >= 11 is 0. The molecule has 0 aromatic heterocycles. The van der Waals surface area contributed by atoms with E-state index in [4.69, 9.17) is 5.73 Å². The third-order valence-corrected chi connectivity index (χ3v) is 3.12. The molecule has 0 aliphatic rings. The van der Waals surface area contributed by atoms with Crippen LogP contribution in [0.1, 0.15) is 16.7 Å². The van der Waals surface area contributed by atoms with Gasteiger partial charge in [-0.2, -0.15) is 0 Å². The molecule has 0 radical (unpaired) electrons. The van der Waals surface area contributed by atoms with Crippen LogP contribution in [0.25, 0.3) is 0 Å². The fourth-order valence-corrected chi connectivity index (χ4v) is 2.00. The molecule has 104 valence electrons. The summed E-state index contributed by atoms with van der Waals surface area (Å²) in [6.45, 7) is 3.92. The number of amides is 1. The lowest BCUT2D eigenvalue weighted by Gasteiger charge is -2.09. The van der Waals surface area contributed by atoms with Crippen molar-refractivity contribution in [2.24, 2.45) is 0 Å². The van der Waals surface area contributed by atoms with Gasteiger partial charge in [0.1, 0.15) is 5.82 Å². The van der Waals surface area contributed by atoms with E-state index >= 15 is 0 Å². The predicted molar refractivity (Wildman–Crippen MR) is 79.1 cm³/mol. The molecule has 0 aliphatic carbocycles. The first-order valence-corrected chi connectivity index (χ1v) is 6.36. The first-order valence-electron chi connectivity index (χ1n) is 6.36. The summed E-state index contributed by atoms with van der Waals surface area (Å²) in [7, 11) is 0. The standard InChI is InChI=1S/C16H17FN2O/c1-10-3-4-11(2)12(7-10)8-16(20)19-15-9-13(18)5-6-14(15)17/h3-7,9H,8,18H2,1-2H3,(H,19,20). The van der Waals surface area contributed by atoms with Crippen LogP contribution in [0.2, 0.25) is 0 Å². The van der Waals surface area contributed by atoms with E-state index < -0.39 is 5.82 Å². The molecule has 1 amide bonds. The normalized spacial score (nSPS) is 10.3. The number of aryl methyl sites for hydroxylation is 2. The van der Waals surface area contributed by atoms with Crippen LogP contribution < -0.4 is 11.1 Å². The molecule has 2 aromatic rings. The fraction of sp³-hybridized carbons (Fsp3) is 0.188. The summed E-state index contributed by atoms with van der Waals surface area (Å²) in [6.07, 6.45) is 0.210. The van der Waals surface area contributed by atoms with E-state index in [9.17, 15) is 9.18 Å². The van der Waals surface area contributed by atoms with Gasteiger partial charge in [-0.3, -0.25) is 4.79 Å². The van der Waals surface area contributed by atoms with E-state index in [1.807, 2.05) is 32.0 Å². The monoisotopic (exact) mass is 272 g/mol. The van der Waals surface area contributed by atoms with Crippen LogP contribution >= 0.6 is 0 Å². The Hall–Kier alpha value is -2.36. The molecule has 20 heavy (non-hydrogen) atoms. The Bertz CT molecular complexity index is 597. The average Bonchev–Trinajstić information content (AvgIpc) is 2.38. The van der Waals surface area contributed by atoms with Gasteiger partial charge in [0.25, 0.3) is 0 Å². The van der Waals surface area contributed by atoms with Crippen molar-refractivity contribution >= 4 is 17.3 Å². The SMILES string of the molecule is Cc1ccc(C)c(CC(=O)Nc2cc(N)ccc2F)c1. The van der Waals surface area contributed by atoms with E-state index in [-0.39, 0.29) is 18.0 Å². The van der Waals surface area contributed by atoms with Crippen LogP contribution in [-0.4, -0.2) is 5.91 Å². The van der Waals surface area contributed by atoms with Crippen LogP contribution in [0.3, 0.4) is 0 Å². The average molecular weight is 272 g/mol. The van der Waals surface area contributed by atoms with Crippen molar-refractivity contribution in [3.8, 4) is 0 Å². The number of nitrogens with two attached hydrogens (primary N) is 1. The molecule has 0 saturated heterocycles. The second-order valence-electron chi connectivity index (χ2n) is 4.89. The lowest BCUT2D eigenvalue weighted by molar-refractivity contribution is -0.115. The molecule has 4 heteroatoms. The molecule has 0 bridgehead atoms. The third-order valence-electron chi connectivity index (χ3n) is 3.12. The molecular weight excluding hydrogens is 255 g/mol. The van der Waals surface area contributed by atoms with Crippen LogP contribution in [0.15, 0.2) is 36.4 Å². The number of carbonyl (C=O) groups excluding carboxylic acids is 1. The molecule has 0 heterocycles. The van der Waals surface area contributed by atoms with Gasteiger partial charge in [-0.25, -0.2) is 4.39 Å². The third kappa shape index (κ3) is 3.35. The maximum atomic E-state index is 13.5. The minimum absolute atomic E-state index is 0.111. The highest BCUT2D eigenvalue weighted by Crippen LogP contribution is 2.18. The smallest absolute Gasteiger partial charge is 0.228 e. The molecule has 0 unspecified atom stereocenters. The Morgan fingerprint density at radius 1 is 1.20 bits per heavy atom. The highest BCUT2D eigenvalue weighted by molar-refractivity contribution is 5.93. The Kier molecular flexibility index (Phi) is 4.03. The van der Waals surface area contributed by atoms with Crippen LogP contribution in [-0.2, 0) is 11.2 Å². The fourth-order valence-electron chi connectivity index (χ4n) is 2.00. The Labute approximate surface area is 117 Å². The summed E-state index contributed by atoms with van der Waals surface area (Å²) in [5, 5.41) is 2.55. The number of hydrogen-bond donors (Lipinski definition) is 2. The first-order chi connectivity index (χ1) is 9.45. The maximum Gasteiger partial charge on any atom is 0.228 e. The van der Waals surface area contributed by atoms with E-state index in [1.165, 1.54) is 18.2 Å². The Balaban J connectivity index is 2.13. The summed E-state index contributed by atoms with van der Waals surface area (Å²) in [5.41, 5.74) is 9.17. The van der Waals surface area contributed by atoms with E-state index in [0.29, 0.717) is 5.69 Å². The van der Waals surface area contributed by atoms with E-state index in [2.05, 4.69) is 5.32 Å². The number of anilines is 2. The van der Waals surface area contributed by atoms with Gasteiger partial charge in [-0.05, 0) is 43.2 Å². The molecule has 0 spiro atoms. The predicted octanol–water partition coefficient (Wildman–Crippen LogP) is 3.21. The number of halogens is 1. The molecule has 3 N–H and O–H groups in total. The number of rotatable bonds is 3. The lowest BCUT2D eigenvalue weighted by atomic mass is 10.0. The number of nitrogen functional groups attached to an aromatic ring is 1. The molecule has 3 nitrogen and oxygen atoms in total. The van der Waals surface area contributed by atoms with Crippen molar-refractivity contribution in [1.29, 1.82) is 0 Å². The van der Waals surface area contributed by atoms with Crippen molar-refractivity contribution in [3.05, 3.63) is 58.9 Å². The summed E-state index contributed by atoms with van der Waals surface area (Å²) in [5.74, 6) is -0.753. The first kappa shape index (κ1) is 14.1. The van der Waals surface area contributed by atoms with Gasteiger partial charge >= 0.3 is 0 Å². The number of benzene rings is 2. The van der Waals surface area contributed by atoms with Crippen LogP contribution in [0.5, 0.6) is 0 Å². The van der Waals surface area contributed by atoms with Crippen molar-refractivity contribution in [3.63, 3.8) is 0 Å². The maximum absolute atomic E-state index is 13.5.